The number of nitrogens with zero attached hydrogens (tertiary/aromatic N) is 5. The van der Waals surface area contributed by atoms with Gasteiger partial charge >= 0.3 is 12.6 Å². The maximum Gasteiger partial charge on any atom is 0.387 e. The quantitative estimate of drug-likeness (QED) is 0.690. The van der Waals surface area contributed by atoms with E-state index in [0.717, 1.165) is 5.56 Å². The number of rotatable bonds is 6. The molecule has 2 aromatic heterocycles. The molecule has 0 unspecified atom stereocenters. The molecule has 124 valence electrons. The van der Waals surface area contributed by atoms with Crippen molar-refractivity contribution >= 4 is 0 Å². The van der Waals surface area contributed by atoms with E-state index in [1.807, 2.05) is 6.92 Å². The van der Waals surface area contributed by atoms with E-state index in [0.29, 0.717) is 11.4 Å². The first-order chi connectivity index (χ1) is 11.6. The van der Waals surface area contributed by atoms with Crippen LogP contribution in [0.4, 0.5) is 8.78 Å². The van der Waals surface area contributed by atoms with Crippen molar-refractivity contribution in [1.82, 2.24) is 25.0 Å². The van der Waals surface area contributed by atoms with E-state index >= 15 is 0 Å². The molecule has 0 bridgehead atoms. The predicted molar refractivity (Wildman–Crippen MR) is 79.1 cm³/mol. The third-order valence-corrected chi connectivity index (χ3v) is 2.97. The van der Waals surface area contributed by atoms with Crippen LogP contribution in [0.25, 0.3) is 5.69 Å². The summed E-state index contributed by atoms with van der Waals surface area (Å²) in [6.45, 7) is -0.808. The third-order valence-electron chi connectivity index (χ3n) is 2.97. The van der Waals surface area contributed by atoms with E-state index in [1.54, 1.807) is 30.7 Å². The van der Waals surface area contributed by atoms with Crippen LogP contribution in [0.3, 0.4) is 0 Å². The maximum atomic E-state index is 12.1. The second-order valence-corrected chi connectivity index (χ2v) is 4.86. The zero-order valence-corrected chi connectivity index (χ0v) is 12.6. The van der Waals surface area contributed by atoms with Gasteiger partial charge in [-0.05, 0) is 36.8 Å². The van der Waals surface area contributed by atoms with Crippen molar-refractivity contribution in [3.8, 4) is 17.4 Å². The van der Waals surface area contributed by atoms with Crippen LogP contribution in [0.15, 0.2) is 42.9 Å². The Balaban J connectivity index is 1.63. The molecule has 0 amide bonds. The molecule has 1 aromatic carbocycles. The molecule has 3 aromatic rings. The van der Waals surface area contributed by atoms with Crippen LogP contribution < -0.4 is 9.47 Å². The van der Waals surface area contributed by atoms with Crippen LogP contribution in [0.1, 0.15) is 11.3 Å². The van der Waals surface area contributed by atoms with E-state index in [9.17, 15) is 8.78 Å². The van der Waals surface area contributed by atoms with Gasteiger partial charge in [-0.15, -0.1) is 5.10 Å². The van der Waals surface area contributed by atoms with Crippen molar-refractivity contribution in [2.24, 2.45) is 0 Å². The second-order valence-electron chi connectivity index (χ2n) is 4.86. The Morgan fingerprint density at radius 2 is 1.83 bits per heavy atom. The Hall–Kier alpha value is -3.10. The summed E-state index contributed by atoms with van der Waals surface area (Å²) in [6.07, 6.45) is 4.97. The Morgan fingerprint density at radius 3 is 2.50 bits per heavy atom. The number of aromatic nitrogens is 5. The van der Waals surface area contributed by atoms with Gasteiger partial charge in [0.2, 0.25) is 0 Å². The molecule has 7 nitrogen and oxygen atoms in total. The minimum atomic E-state index is -2.85. The summed E-state index contributed by atoms with van der Waals surface area (Å²) in [7, 11) is 0. The molecule has 0 spiro atoms. The molecule has 0 saturated heterocycles. The van der Waals surface area contributed by atoms with Gasteiger partial charge in [-0.25, -0.2) is 14.6 Å². The predicted octanol–water partition coefficient (Wildman–Crippen LogP) is 2.55. The molecule has 0 aliphatic carbocycles. The van der Waals surface area contributed by atoms with Crippen LogP contribution in [-0.2, 0) is 6.61 Å². The van der Waals surface area contributed by atoms with Gasteiger partial charge in [0.25, 0.3) is 0 Å². The number of hydrogen-bond acceptors (Lipinski definition) is 6. The summed E-state index contributed by atoms with van der Waals surface area (Å²) in [5.41, 5.74) is 2.17. The van der Waals surface area contributed by atoms with Crippen molar-refractivity contribution in [3.63, 3.8) is 0 Å². The highest BCUT2D eigenvalue weighted by Gasteiger charge is 2.07. The molecule has 0 radical (unpaired) electrons. The van der Waals surface area contributed by atoms with Crippen molar-refractivity contribution < 1.29 is 18.3 Å². The molecule has 0 aliphatic rings. The smallest absolute Gasteiger partial charge is 0.387 e. The summed E-state index contributed by atoms with van der Waals surface area (Å²) in [4.78, 5) is 8.06. The van der Waals surface area contributed by atoms with E-state index in [-0.39, 0.29) is 18.4 Å². The fourth-order valence-corrected chi connectivity index (χ4v) is 1.86. The van der Waals surface area contributed by atoms with E-state index in [1.165, 1.54) is 16.8 Å². The SMILES string of the molecule is Cc1cnc(OCc2cn(-c3ccc(OC(F)F)cc3)nn2)nc1. The molecule has 0 atom stereocenters. The van der Waals surface area contributed by atoms with Crippen molar-refractivity contribution in [2.45, 2.75) is 20.1 Å². The van der Waals surface area contributed by atoms with Gasteiger partial charge in [-0.1, -0.05) is 5.21 Å². The largest absolute Gasteiger partial charge is 0.457 e. The molecule has 0 saturated carbocycles. The third kappa shape index (κ3) is 4.00. The molecular formula is C15H13F2N5O2. The van der Waals surface area contributed by atoms with Crippen molar-refractivity contribution in [1.29, 1.82) is 0 Å². The van der Waals surface area contributed by atoms with Crippen LogP contribution in [-0.4, -0.2) is 31.6 Å². The van der Waals surface area contributed by atoms with Gasteiger partial charge in [-0.2, -0.15) is 8.78 Å². The summed E-state index contributed by atoms with van der Waals surface area (Å²) < 4.78 is 35.5. The van der Waals surface area contributed by atoms with Crippen LogP contribution in [0.2, 0.25) is 0 Å². The normalized spacial score (nSPS) is 10.8. The van der Waals surface area contributed by atoms with E-state index in [4.69, 9.17) is 4.74 Å². The van der Waals surface area contributed by atoms with Crippen LogP contribution >= 0.6 is 0 Å². The molecule has 2 heterocycles. The summed E-state index contributed by atoms with van der Waals surface area (Å²) >= 11 is 0. The van der Waals surface area contributed by atoms with Crippen molar-refractivity contribution in [2.75, 3.05) is 0 Å². The van der Waals surface area contributed by atoms with Crippen LogP contribution in [0.5, 0.6) is 11.8 Å². The molecule has 24 heavy (non-hydrogen) atoms. The topological polar surface area (TPSA) is 75.0 Å². The minimum Gasteiger partial charge on any atom is -0.457 e. The zero-order chi connectivity index (χ0) is 16.9. The molecule has 0 N–H and O–H groups in total. The maximum absolute atomic E-state index is 12.1. The minimum absolute atomic E-state index is 0.0777. The van der Waals surface area contributed by atoms with Gasteiger partial charge in [0.15, 0.2) is 0 Å². The summed E-state index contributed by atoms with van der Waals surface area (Å²) in [5, 5.41) is 7.94. The first kappa shape index (κ1) is 15.8. The number of benzene rings is 1. The molecule has 3 rings (SSSR count). The standard InChI is InChI=1S/C15H13F2N5O2/c1-10-6-18-15(19-7-10)23-9-11-8-22(21-20-11)12-2-4-13(5-3-12)24-14(16)17/h2-8,14H,9H2,1H3. The monoisotopic (exact) mass is 333 g/mol. The van der Waals surface area contributed by atoms with Gasteiger partial charge < -0.3 is 9.47 Å². The lowest BCUT2D eigenvalue weighted by molar-refractivity contribution is -0.0498. The number of alkyl halides is 2. The highest BCUT2D eigenvalue weighted by atomic mass is 19.3. The number of halogens is 2. The Bertz CT molecular complexity index is 790. The molecule has 0 fully saturated rings. The average Bonchev–Trinajstić information content (AvgIpc) is 3.03. The lowest BCUT2D eigenvalue weighted by Crippen LogP contribution is -2.02. The summed E-state index contributed by atoms with van der Waals surface area (Å²) in [6, 6.07) is 6.31. The van der Waals surface area contributed by atoms with Crippen LogP contribution in [0, 0.1) is 6.92 Å². The van der Waals surface area contributed by atoms with Gasteiger partial charge in [0.05, 0.1) is 11.9 Å². The first-order valence-electron chi connectivity index (χ1n) is 6.98. The summed E-state index contributed by atoms with van der Waals surface area (Å²) in [5.74, 6) is 0.0777. The highest BCUT2D eigenvalue weighted by molar-refractivity contribution is 5.36. The van der Waals surface area contributed by atoms with E-state index < -0.39 is 6.61 Å². The lowest BCUT2D eigenvalue weighted by atomic mass is 10.3. The molecular weight excluding hydrogens is 320 g/mol. The Morgan fingerprint density at radius 1 is 1.12 bits per heavy atom. The number of hydrogen-bond donors (Lipinski definition) is 0. The second kappa shape index (κ2) is 6.99. The highest BCUT2D eigenvalue weighted by Crippen LogP contribution is 2.17. The van der Waals surface area contributed by atoms with Gasteiger partial charge in [-0.3, -0.25) is 0 Å². The van der Waals surface area contributed by atoms with Crippen molar-refractivity contribution in [3.05, 3.63) is 54.1 Å². The first-order valence-corrected chi connectivity index (χ1v) is 6.98. The number of aryl methyl sites for hydroxylation is 1. The zero-order valence-electron chi connectivity index (χ0n) is 12.6. The van der Waals surface area contributed by atoms with Gasteiger partial charge in [0.1, 0.15) is 18.1 Å². The Labute approximate surface area is 135 Å². The lowest BCUT2D eigenvalue weighted by Gasteiger charge is -2.05. The van der Waals surface area contributed by atoms with E-state index in [2.05, 4.69) is 25.0 Å². The molecule has 0 aliphatic heterocycles. The Kier molecular flexibility index (Phi) is 4.59. The molecule has 9 heteroatoms. The van der Waals surface area contributed by atoms with Gasteiger partial charge in [0, 0.05) is 12.4 Å². The average molecular weight is 333 g/mol. The fraction of sp³-hybridized carbons (Fsp3) is 0.200. The fourth-order valence-electron chi connectivity index (χ4n) is 1.86. The number of ether oxygens (including phenoxy) is 2.